The lowest BCUT2D eigenvalue weighted by Gasteiger charge is -2.31. The Labute approximate surface area is 163 Å². The molecule has 2 N–H and O–H groups in total. The topological polar surface area (TPSA) is 108 Å². The van der Waals surface area contributed by atoms with Gasteiger partial charge >= 0.3 is 0 Å². The third kappa shape index (κ3) is 5.08. The number of carbonyl (C=O) groups is 1. The Kier molecular flexibility index (Phi) is 6.51. The Hall–Kier alpha value is -1.91. The highest BCUT2D eigenvalue weighted by Gasteiger charge is 2.33. The molecule has 3 rings (SSSR count). The number of amides is 1. The Balaban J connectivity index is 1.53. The zero-order valence-electron chi connectivity index (χ0n) is 15.1. The van der Waals surface area contributed by atoms with E-state index in [1.54, 1.807) is 24.3 Å². The van der Waals surface area contributed by atoms with E-state index in [0.29, 0.717) is 36.8 Å². The first-order chi connectivity index (χ1) is 13.0. The minimum absolute atomic E-state index is 0.100. The van der Waals surface area contributed by atoms with Crippen molar-refractivity contribution < 1.29 is 13.2 Å². The molecule has 1 aliphatic heterocycles. The van der Waals surface area contributed by atoms with Crippen LogP contribution in [-0.2, 0) is 14.8 Å². The SMILES string of the molecule is Cc1ccc(S(=O)(=O)N2CCC[C@H](C(=O)NCCSc3ncn[nH]3)C2)cc1. The van der Waals surface area contributed by atoms with E-state index in [1.807, 2.05) is 6.92 Å². The van der Waals surface area contributed by atoms with E-state index in [9.17, 15) is 13.2 Å². The monoisotopic (exact) mass is 409 g/mol. The van der Waals surface area contributed by atoms with Gasteiger partial charge in [0.25, 0.3) is 0 Å². The number of hydrogen-bond donors (Lipinski definition) is 2. The van der Waals surface area contributed by atoms with E-state index < -0.39 is 10.0 Å². The first kappa shape index (κ1) is 19.8. The number of benzene rings is 1. The average molecular weight is 410 g/mol. The summed E-state index contributed by atoms with van der Waals surface area (Å²) in [6, 6.07) is 6.81. The van der Waals surface area contributed by atoms with Gasteiger partial charge in [-0.05, 0) is 31.9 Å². The van der Waals surface area contributed by atoms with Crippen LogP contribution in [0.3, 0.4) is 0 Å². The van der Waals surface area contributed by atoms with E-state index in [2.05, 4.69) is 20.5 Å². The summed E-state index contributed by atoms with van der Waals surface area (Å²) < 4.78 is 27.1. The summed E-state index contributed by atoms with van der Waals surface area (Å²) in [5.41, 5.74) is 1.01. The van der Waals surface area contributed by atoms with Gasteiger partial charge < -0.3 is 5.32 Å². The Morgan fingerprint density at radius 2 is 2.15 bits per heavy atom. The van der Waals surface area contributed by atoms with Crippen LogP contribution in [0.25, 0.3) is 0 Å². The van der Waals surface area contributed by atoms with Crippen molar-refractivity contribution in [1.82, 2.24) is 24.8 Å². The summed E-state index contributed by atoms with van der Waals surface area (Å²) in [6.07, 6.45) is 2.81. The van der Waals surface area contributed by atoms with Crippen LogP contribution in [0.2, 0.25) is 0 Å². The summed E-state index contributed by atoms with van der Waals surface area (Å²) in [5.74, 6) is 0.241. The number of H-pyrrole nitrogens is 1. The van der Waals surface area contributed by atoms with Crippen molar-refractivity contribution in [3.05, 3.63) is 36.2 Å². The molecule has 1 amide bonds. The first-order valence-corrected chi connectivity index (χ1v) is 11.2. The van der Waals surface area contributed by atoms with Crippen LogP contribution in [0.4, 0.5) is 0 Å². The predicted molar refractivity (Wildman–Crippen MR) is 103 cm³/mol. The van der Waals surface area contributed by atoms with Gasteiger partial charge in [-0.3, -0.25) is 9.89 Å². The number of aryl methyl sites for hydroxylation is 1. The number of nitrogens with zero attached hydrogens (tertiary/aromatic N) is 3. The molecule has 1 atom stereocenters. The van der Waals surface area contributed by atoms with Crippen LogP contribution in [-0.4, -0.2) is 59.2 Å². The van der Waals surface area contributed by atoms with E-state index in [1.165, 1.54) is 22.4 Å². The predicted octanol–water partition coefficient (Wildman–Crippen LogP) is 1.42. The second-order valence-corrected chi connectivity index (χ2v) is 9.47. The highest BCUT2D eigenvalue weighted by Crippen LogP contribution is 2.24. The second kappa shape index (κ2) is 8.85. The van der Waals surface area contributed by atoms with Gasteiger partial charge in [0.2, 0.25) is 15.9 Å². The van der Waals surface area contributed by atoms with Gasteiger partial charge in [-0.1, -0.05) is 29.5 Å². The fourth-order valence-electron chi connectivity index (χ4n) is 2.96. The normalized spacial score (nSPS) is 18.3. The van der Waals surface area contributed by atoms with Crippen molar-refractivity contribution in [2.75, 3.05) is 25.4 Å². The van der Waals surface area contributed by atoms with Crippen molar-refractivity contribution in [2.45, 2.75) is 29.8 Å². The van der Waals surface area contributed by atoms with Crippen LogP contribution in [0.1, 0.15) is 18.4 Å². The number of thioether (sulfide) groups is 1. The van der Waals surface area contributed by atoms with Gasteiger partial charge in [0.15, 0.2) is 5.16 Å². The number of sulfonamides is 1. The third-order valence-electron chi connectivity index (χ3n) is 4.45. The number of nitrogens with one attached hydrogen (secondary N) is 2. The quantitative estimate of drug-likeness (QED) is 0.529. The maximum atomic E-state index is 12.8. The lowest BCUT2D eigenvalue weighted by molar-refractivity contribution is -0.125. The lowest BCUT2D eigenvalue weighted by Crippen LogP contribution is -2.45. The van der Waals surface area contributed by atoms with Gasteiger partial charge in [0.05, 0.1) is 10.8 Å². The Morgan fingerprint density at radius 1 is 1.37 bits per heavy atom. The maximum absolute atomic E-state index is 12.8. The van der Waals surface area contributed by atoms with E-state index in [0.717, 1.165) is 5.56 Å². The molecule has 10 heteroatoms. The lowest BCUT2D eigenvalue weighted by atomic mass is 9.99. The average Bonchev–Trinajstić information content (AvgIpc) is 3.19. The molecule has 2 aromatic rings. The number of aromatic amines is 1. The van der Waals surface area contributed by atoms with Crippen molar-refractivity contribution in [3.63, 3.8) is 0 Å². The fourth-order valence-corrected chi connectivity index (χ4v) is 5.12. The fraction of sp³-hybridized carbons (Fsp3) is 0.471. The summed E-state index contributed by atoms with van der Waals surface area (Å²) in [7, 11) is -3.57. The van der Waals surface area contributed by atoms with Gasteiger partial charge in [-0.2, -0.15) is 9.40 Å². The van der Waals surface area contributed by atoms with Crippen LogP contribution < -0.4 is 5.32 Å². The molecular formula is C17H23N5O3S2. The molecule has 0 spiro atoms. The van der Waals surface area contributed by atoms with Crippen molar-refractivity contribution in [3.8, 4) is 0 Å². The second-order valence-electron chi connectivity index (χ2n) is 6.45. The molecule has 1 aromatic carbocycles. The van der Waals surface area contributed by atoms with Crippen molar-refractivity contribution in [2.24, 2.45) is 5.92 Å². The largest absolute Gasteiger partial charge is 0.355 e. The van der Waals surface area contributed by atoms with Crippen molar-refractivity contribution in [1.29, 1.82) is 0 Å². The summed E-state index contributed by atoms with van der Waals surface area (Å²) in [5, 5.41) is 10.1. The molecule has 0 unspecified atom stereocenters. The molecule has 0 radical (unpaired) electrons. The molecule has 1 saturated heterocycles. The molecule has 0 aliphatic carbocycles. The number of carbonyl (C=O) groups excluding carboxylic acids is 1. The highest BCUT2D eigenvalue weighted by molar-refractivity contribution is 7.99. The molecular weight excluding hydrogens is 386 g/mol. The van der Waals surface area contributed by atoms with Crippen LogP contribution in [0.5, 0.6) is 0 Å². The maximum Gasteiger partial charge on any atom is 0.243 e. The zero-order chi connectivity index (χ0) is 19.3. The van der Waals surface area contributed by atoms with Crippen LogP contribution in [0, 0.1) is 12.8 Å². The molecule has 27 heavy (non-hydrogen) atoms. The third-order valence-corrected chi connectivity index (χ3v) is 7.20. The van der Waals surface area contributed by atoms with Gasteiger partial charge in [-0.15, -0.1) is 0 Å². The number of rotatable bonds is 7. The van der Waals surface area contributed by atoms with Gasteiger partial charge in [-0.25, -0.2) is 13.4 Å². The number of hydrogen-bond acceptors (Lipinski definition) is 6. The number of aromatic nitrogens is 3. The molecule has 0 bridgehead atoms. The number of piperidine rings is 1. The molecule has 1 fully saturated rings. The molecule has 1 aromatic heterocycles. The Bertz CT molecular complexity index is 853. The first-order valence-electron chi connectivity index (χ1n) is 8.79. The highest BCUT2D eigenvalue weighted by atomic mass is 32.2. The molecule has 0 saturated carbocycles. The summed E-state index contributed by atoms with van der Waals surface area (Å²) in [6.45, 7) is 3.07. The smallest absolute Gasteiger partial charge is 0.243 e. The standard InChI is InChI=1S/C17H23N5O3S2/c1-13-4-6-15(7-5-13)27(24,25)22-9-2-3-14(11-22)16(23)18-8-10-26-17-19-12-20-21-17/h4-7,12,14H,2-3,8-11H2,1H3,(H,18,23)(H,19,20,21)/t14-/m0/s1. The van der Waals surface area contributed by atoms with E-state index >= 15 is 0 Å². The van der Waals surface area contributed by atoms with Crippen molar-refractivity contribution >= 4 is 27.7 Å². The summed E-state index contributed by atoms with van der Waals surface area (Å²) in [4.78, 5) is 16.7. The molecule has 1 aliphatic rings. The van der Waals surface area contributed by atoms with E-state index in [-0.39, 0.29) is 23.3 Å². The molecule has 8 nitrogen and oxygen atoms in total. The minimum Gasteiger partial charge on any atom is -0.355 e. The molecule has 2 heterocycles. The van der Waals surface area contributed by atoms with E-state index in [4.69, 9.17) is 0 Å². The Morgan fingerprint density at radius 3 is 2.85 bits per heavy atom. The molecule has 146 valence electrons. The minimum atomic E-state index is -3.57. The van der Waals surface area contributed by atoms with Gasteiger partial charge in [0, 0.05) is 25.4 Å². The zero-order valence-corrected chi connectivity index (χ0v) is 16.7. The van der Waals surface area contributed by atoms with Crippen LogP contribution in [0.15, 0.2) is 40.6 Å². The van der Waals surface area contributed by atoms with Gasteiger partial charge in [0.1, 0.15) is 6.33 Å². The summed E-state index contributed by atoms with van der Waals surface area (Å²) >= 11 is 1.47. The van der Waals surface area contributed by atoms with Crippen LogP contribution >= 0.6 is 11.8 Å².